The molecule has 0 saturated heterocycles. The highest BCUT2D eigenvalue weighted by Crippen LogP contribution is 2.04. The van der Waals surface area contributed by atoms with Gasteiger partial charge in [0.05, 0.1) is 30.6 Å². The van der Waals surface area contributed by atoms with Crippen LogP contribution in [0.2, 0.25) is 0 Å². The molecule has 2 rings (SSSR count). The van der Waals surface area contributed by atoms with Gasteiger partial charge in [-0.3, -0.25) is 19.2 Å². The number of hydrogen-bond acceptors (Lipinski definition) is 10. The predicted molar refractivity (Wildman–Crippen MR) is 128 cm³/mol. The van der Waals surface area contributed by atoms with E-state index in [0.717, 1.165) is 6.42 Å². The van der Waals surface area contributed by atoms with E-state index < -0.39 is 42.0 Å². The summed E-state index contributed by atoms with van der Waals surface area (Å²) in [4.78, 5) is 53.1. The van der Waals surface area contributed by atoms with Gasteiger partial charge < -0.3 is 53.3 Å². The minimum absolute atomic E-state index is 0.0718. The SMILES string of the molecule is CCC(C)C(N)C(=O)O.NC(Cc1c[nH]cn1)C(=O)O.NC(Cc1c[nH]cn1)C(=O)O.NCC(=O)O. The summed E-state index contributed by atoms with van der Waals surface area (Å²) in [5.41, 5.74) is 21.7. The van der Waals surface area contributed by atoms with Gasteiger partial charge in [-0.1, -0.05) is 20.3 Å². The number of imidazole rings is 2. The fourth-order valence-corrected chi connectivity index (χ4v) is 1.93. The number of carboxylic acids is 4. The second-order valence-electron chi connectivity index (χ2n) is 7.27. The number of nitrogens with zero attached hydrogens (tertiary/aromatic N) is 2. The molecule has 2 aromatic heterocycles. The maximum absolute atomic E-state index is 10.3. The molecule has 0 bridgehead atoms. The lowest BCUT2D eigenvalue weighted by Crippen LogP contribution is -2.36. The Morgan fingerprint density at radius 3 is 1.36 bits per heavy atom. The van der Waals surface area contributed by atoms with Crippen LogP contribution in [-0.2, 0) is 32.0 Å². The molecular formula is C20H36N8O8. The Balaban J connectivity index is 0. The molecule has 2 heterocycles. The van der Waals surface area contributed by atoms with Gasteiger partial charge in [-0.15, -0.1) is 0 Å². The number of carboxylic acid groups (broad SMARTS) is 4. The first-order chi connectivity index (χ1) is 16.8. The number of aliphatic carboxylic acids is 4. The van der Waals surface area contributed by atoms with E-state index >= 15 is 0 Å². The Morgan fingerprint density at radius 2 is 1.19 bits per heavy atom. The predicted octanol–water partition coefficient (Wildman–Crippen LogP) is -1.80. The van der Waals surface area contributed by atoms with E-state index in [1.807, 2.05) is 13.8 Å². The van der Waals surface area contributed by atoms with Crippen LogP contribution in [0.4, 0.5) is 0 Å². The van der Waals surface area contributed by atoms with Gasteiger partial charge in [0.2, 0.25) is 0 Å². The summed E-state index contributed by atoms with van der Waals surface area (Å²) in [6.07, 6.45) is 7.57. The third kappa shape index (κ3) is 17.6. The van der Waals surface area contributed by atoms with E-state index in [4.69, 9.17) is 37.6 Å². The number of aromatic amines is 2. The molecule has 4 unspecified atom stereocenters. The zero-order chi connectivity index (χ0) is 28.3. The minimum Gasteiger partial charge on any atom is -0.480 e. The van der Waals surface area contributed by atoms with Crippen molar-refractivity contribution < 1.29 is 39.6 Å². The fraction of sp³-hybridized carbons (Fsp3) is 0.500. The molecule has 0 aromatic carbocycles. The fourth-order valence-electron chi connectivity index (χ4n) is 1.93. The van der Waals surface area contributed by atoms with Crippen LogP contribution < -0.4 is 22.9 Å². The molecule has 0 aliphatic carbocycles. The van der Waals surface area contributed by atoms with E-state index in [1.165, 1.54) is 12.7 Å². The lowest BCUT2D eigenvalue weighted by Gasteiger charge is -2.11. The van der Waals surface area contributed by atoms with Gasteiger partial charge in [0, 0.05) is 25.2 Å². The van der Waals surface area contributed by atoms with Crippen LogP contribution in [0.15, 0.2) is 25.0 Å². The Hall–Kier alpha value is -3.86. The normalized spacial score (nSPS) is 13.1. The Kier molecular flexibility index (Phi) is 18.5. The molecule has 14 N–H and O–H groups in total. The average Bonchev–Trinajstić information content (AvgIpc) is 3.53. The lowest BCUT2D eigenvalue weighted by atomic mass is 10.0. The van der Waals surface area contributed by atoms with Crippen molar-refractivity contribution >= 4 is 23.9 Å². The van der Waals surface area contributed by atoms with Gasteiger partial charge >= 0.3 is 23.9 Å². The lowest BCUT2D eigenvalue weighted by molar-refractivity contribution is -0.140. The van der Waals surface area contributed by atoms with Crippen molar-refractivity contribution in [2.45, 2.75) is 51.2 Å². The largest absolute Gasteiger partial charge is 0.480 e. The van der Waals surface area contributed by atoms with Crippen LogP contribution >= 0.6 is 0 Å². The van der Waals surface area contributed by atoms with Crippen molar-refractivity contribution in [3.05, 3.63) is 36.4 Å². The van der Waals surface area contributed by atoms with E-state index in [9.17, 15) is 19.2 Å². The molecule has 16 heteroatoms. The molecule has 36 heavy (non-hydrogen) atoms. The van der Waals surface area contributed by atoms with Crippen LogP contribution in [0.5, 0.6) is 0 Å². The smallest absolute Gasteiger partial charge is 0.320 e. The van der Waals surface area contributed by atoms with Gasteiger partial charge in [-0.25, -0.2) is 9.97 Å². The first-order valence-corrected chi connectivity index (χ1v) is 10.6. The quantitative estimate of drug-likeness (QED) is 0.167. The summed E-state index contributed by atoms with van der Waals surface area (Å²) in [5.74, 6) is -3.82. The molecule has 0 amide bonds. The molecule has 16 nitrogen and oxygen atoms in total. The first-order valence-electron chi connectivity index (χ1n) is 10.6. The number of rotatable bonds is 10. The van der Waals surface area contributed by atoms with E-state index in [1.54, 1.807) is 12.4 Å². The van der Waals surface area contributed by atoms with Gasteiger partial charge in [-0.2, -0.15) is 0 Å². The maximum Gasteiger partial charge on any atom is 0.320 e. The number of nitrogens with one attached hydrogen (secondary N) is 2. The second kappa shape index (κ2) is 19.4. The topological polar surface area (TPSA) is 311 Å². The molecule has 2 aromatic rings. The molecule has 0 aliphatic heterocycles. The summed E-state index contributed by atoms with van der Waals surface area (Å²) < 4.78 is 0. The molecule has 204 valence electrons. The number of carbonyl (C=O) groups is 4. The first kappa shape index (κ1) is 34.3. The summed E-state index contributed by atoms with van der Waals surface area (Å²) in [6.45, 7) is 3.48. The van der Waals surface area contributed by atoms with Crippen molar-refractivity contribution in [2.24, 2.45) is 28.9 Å². The minimum atomic E-state index is -1.01. The van der Waals surface area contributed by atoms with Crippen molar-refractivity contribution in [2.75, 3.05) is 6.54 Å². The van der Waals surface area contributed by atoms with E-state index in [0.29, 0.717) is 11.4 Å². The van der Waals surface area contributed by atoms with Crippen LogP contribution in [0.1, 0.15) is 31.7 Å². The summed E-state index contributed by atoms with van der Waals surface area (Å²) in [6, 6.07) is -2.42. The molecule has 0 radical (unpaired) electrons. The highest BCUT2D eigenvalue weighted by Gasteiger charge is 2.17. The van der Waals surface area contributed by atoms with Crippen molar-refractivity contribution in [3.8, 4) is 0 Å². The molecule has 0 aliphatic rings. The Labute approximate surface area is 207 Å². The van der Waals surface area contributed by atoms with Gasteiger partial charge in [0.25, 0.3) is 0 Å². The molecule has 0 saturated carbocycles. The molecule has 0 spiro atoms. The highest BCUT2D eigenvalue weighted by atomic mass is 16.4. The average molecular weight is 517 g/mol. The van der Waals surface area contributed by atoms with Gasteiger partial charge in [-0.05, 0) is 5.92 Å². The number of hydrogen-bond donors (Lipinski definition) is 10. The highest BCUT2D eigenvalue weighted by molar-refractivity contribution is 5.74. The van der Waals surface area contributed by atoms with Gasteiger partial charge in [0.1, 0.15) is 18.1 Å². The van der Waals surface area contributed by atoms with Crippen molar-refractivity contribution in [1.29, 1.82) is 0 Å². The standard InChI is InChI=1S/2C6H9N3O2.C6H13NO2.C2H5NO2/c2*7-5(6(10)11)1-4-2-8-3-9-4;1-3-4(2)5(7)6(8)9;3-1-2(4)5/h2*2-3,5H,1,7H2,(H,8,9)(H,10,11);4-5H,3,7H2,1-2H3,(H,8,9);1,3H2,(H,4,5). The number of nitrogens with two attached hydrogens (primary N) is 4. The van der Waals surface area contributed by atoms with E-state index in [-0.39, 0.29) is 25.3 Å². The number of H-pyrrole nitrogens is 2. The van der Waals surface area contributed by atoms with Crippen LogP contribution in [-0.4, -0.2) is 88.9 Å². The third-order valence-electron chi connectivity index (χ3n) is 4.32. The third-order valence-corrected chi connectivity index (χ3v) is 4.32. The Morgan fingerprint density at radius 1 is 0.833 bits per heavy atom. The second-order valence-corrected chi connectivity index (χ2v) is 7.27. The maximum atomic E-state index is 10.3. The van der Waals surface area contributed by atoms with Crippen LogP contribution in [0.3, 0.4) is 0 Å². The summed E-state index contributed by atoms with van der Waals surface area (Å²) in [7, 11) is 0. The molecule has 0 fully saturated rings. The zero-order valence-corrected chi connectivity index (χ0v) is 20.1. The van der Waals surface area contributed by atoms with Crippen molar-refractivity contribution in [3.63, 3.8) is 0 Å². The summed E-state index contributed by atoms with van der Waals surface area (Å²) in [5, 5.41) is 32.8. The van der Waals surface area contributed by atoms with Crippen LogP contribution in [0, 0.1) is 5.92 Å². The summed E-state index contributed by atoms with van der Waals surface area (Å²) >= 11 is 0. The number of aromatic nitrogens is 4. The van der Waals surface area contributed by atoms with E-state index in [2.05, 4.69) is 25.7 Å². The zero-order valence-electron chi connectivity index (χ0n) is 20.1. The van der Waals surface area contributed by atoms with Crippen molar-refractivity contribution in [1.82, 2.24) is 19.9 Å². The molecule has 4 atom stereocenters. The van der Waals surface area contributed by atoms with Gasteiger partial charge in [0.15, 0.2) is 0 Å². The molecular weight excluding hydrogens is 480 g/mol. The Bertz CT molecular complexity index is 824. The monoisotopic (exact) mass is 516 g/mol. The van der Waals surface area contributed by atoms with Crippen LogP contribution in [0.25, 0.3) is 0 Å².